The first kappa shape index (κ1) is 11.9. The summed E-state index contributed by atoms with van der Waals surface area (Å²) in [6.07, 6.45) is 0.947. The molecule has 86 valence electrons. The minimum absolute atomic E-state index is 0.134. The third kappa shape index (κ3) is 2.92. The van der Waals surface area contributed by atoms with Gasteiger partial charge in [0.15, 0.2) is 0 Å². The Bertz CT molecular complexity index is 406. The number of ether oxygens (including phenoxy) is 1. The fraction of sp³-hybridized carbons (Fsp3) is 0.222. The van der Waals surface area contributed by atoms with Crippen molar-refractivity contribution >= 4 is 17.7 Å². The number of benzene rings is 1. The molecule has 0 saturated heterocycles. The van der Waals surface area contributed by atoms with Gasteiger partial charge in [0.2, 0.25) is 0 Å². The first-order chi connectivity index (χ1) is 7.69. The maximum Gasteiger partial charge on any atom is 0.298 e. The molecular weight excluding hydrogens is 214 g/mol. The standard InChI is InChI=1S/C9H11N3O4/c1-2-16-7-3-4-8(10-6-11-13)9(5-7)12(14)15/h3-6,13H,2H2,1H3,(H,10,11). The van der Waals surface area contributed by atoms with Crippen molar-refractivity contribution in [2.75, 3.05) is 6.61 Å². The van der Waals surface area contributed by atoms with Crippen molar-refractivity contribution in [2.45, 2.75) is 6.92 Å². The molecule has 1 rings (SSSR count). The predicted molar refractivity (Wildman–Crippen MR) is 57.3 cm³/mol. The maximum atomic E-state index is 10.7. The molecule has 0 amide bonds. The lowest BCUT2D eigenvalue weighted by Crippen LogP contribution is -2.01. The Balaban J connectivity index is 3.09. The van der Waals surface area contributed by atoms with Crippen molar-refractivity contribution in [1.82, 2.24) is 5.48 Å². The fourth-order valence-corrected chi connectivity index (χ4v) is 1.11. The summed E-state index contributed by atoms with van der Waals surface area (Å²) in [5.74, 6) is 0.408. The number of nitro groups is 1. The van der Waals surface area contributed by atoms with Crippen LogP contribution in [0.15, 0.2) is 23.2 Å². The zero-order chi connectivity index (χ0) is 12.0. The Hall–Kier alpha value is -2.15. The molecule has 0 heterocycles. The number of nitrogens with one attached hydrogen (secondary N) is 1. The van der Waals surface area contributed by atoms with Crippen LogP contribution in [-0.2, 0) is 0 Å². The van der Waals surface area contributed by atoms with Gasteiger partial charge in [0.1, 0.15) is 17.8 Å². The summed E-state index contributed by atoms with van der Waals surface area (Å²) in [7, 11) is 0. The molecule has 0 unspecified atom stereocenters. The second-order valence-corrected chi connectivity index (χ2v) is 2.73. The first-order valence-electron chi connectivity index (χ1n) is 4.52. The fourth-order valence-electron chi connectivity index (χ4n) is 1.11. The third-order valence-corrected chi connectivity index (χ3v) is 1.72. The molecular formula is C9H11N3O4. The van der Waals surface area contributed by atoms with Gasteiger partial charge in [-0.1, -0.05) is 0 Å². The summed E-state index contributed by atoms with van der Waals surface area (Å²) in [4.78, 5) is 13.8. The topological polar surface area (TPSA) is 97.0 Å². The molecule has 16 heavy (non-hydrogen) atoms. The lowest BCUT2D eigenvalue weighted by molar-refractivity contribution is -0.384. The van der Waals surface area contributed by atoms with Gasteiger partial charge < -0.3 is 4.74 Å². The normalized spacial score (nSPS) is 10.4. The molecule has 7 nitrogen and oxygen atoms in total. The van der Waals surface area contributed by atoms with Crippen LogP contribution in [0.3, 0.4) is 0 Å². The number of rotatable bonds is 5. The SMILES string of the molecule is CCOc1ccc(N=CNO)c([N+](=O)[O-])c1. The third-order valence-electron chi connectivity index (χ3n) is 1.72. The molecule has 0 aliphatic carbocycles. The Labute approximate surface area is 91.5 Å². The molecule has 0 saturated carbocycles. The second kappa shape index (κ2) is 5.66. The summed E-state index contributed by atoms with van der Waals surface area (Å²) >= 11 is 0. The summed E-state index contributed by atoms with van der Waals surface area (Å²) in [5, 5.41) is 19.0. The average Bonchev–Trinajstić information content (AvgIpc) is 2.27. The minimum atomic E-state index is -0.563. The van der Waals surface area contributed by atoms with E-state index in [2.05, 4.69) is 4.99 Å². The smallest absolute Gasteiger partial charge is 0.298 e. The summed E-state index contributed by atoms with van der Waals surface area (Å²) in [6, 6.07) is 4.30. The van der Waals surface area contributed by atoms with Gasteiger partial charge in [0, 0.05) is 0 Å². The van der Waals surface area contributed by atoms with Crippen LogP contribution < -0.4 is 10.2 Å². The molecule has 1 aromatic carbocycles. The van der Waals surface area contributed by atoms with E-state index in [1.54, 1.807) is 18.5 Å². The highest BCUT2D eigenvalue weighted by Crippen LogP contribution is 2.30. The predicted octanol–water partition coefficient (Wildman–Crippen LogP) is 1.63. The highest BCUT2D eigenvalue weighted by atomic mass is 16.6. The van der Waals surface area contributed by atoms with Crippen molar-refractivity contribution in [3.63, 3.8) is 0 Å². The lowest BCUT2D eigenvalue weighted by Gasteiger charge is -2.03. The largest absolute Gasteiger partial charge is 0.494 e. The van der Waals surface area contributed by atoms with Crippen LogP contribution in [0.5, 0.6) is 5.75 Å². The van der Waals surface area contributed by atoms with Gasteiger partial charge in [-0.25, -0.2) is 4.99 Å². The molecule has 0 aliphatic rings. The molecule has 0 bridgehead atoms. The molecule has 1 aromatic rings. The summed E-state index contributed by atoms with van der Waals surface area (Å²) in [5.41, 5.74) is 1.63. The van der Waals surface area contributed by atoms with E-state index in [1.165, 1.54) is 12.1 Å². The lowest BCUT2D eigenvalue weighted by atomic mass is 10.2. The van der Waals surface area contributed by atoms with E-state index in [0.717, 1.165) is 6.34 Å². The van der Waals surface area contributed by atoms with E-state index in [1.807, 2.05) is 0 Å². The van der Waals surface area contributed by atoms with Gasteiger partial charge >= 0.3 is 0 Å². The van der Waals surface area contributed by atoms with E-state index in [9.17, 15) is 10.1 Å². The number of hydrogen-bond acceptors (Lipinski definition) is 5. The first-order valence-corrected chi connectivity index (χ1v) is 4.52. The molecule has 0 atom stereocenters. The van der Waals surface area contributed by atoms with Gasteiger partial charge in [0.05, 0.1) is 17.6 Å². The van der Waals surface area contributed by atoms with Gasteiger partial charge in [-0.3, -0.25) is 20.8 Å². The van der Waals surface area contributed by atoms with Gasteiger partial charge in [-0.05, 0) is 19.1 Å². The van der Waals surface area contributed by atoms with E-state index >= 15 is 0 Å². The van der Waals surface area contributed by atoms with E-state index in [-0.39, 0.29) is 11.4 Å². The molecule has 7 heteroatoms. The molecule has 0 spiro atoms. The van der Waals surface area contributed by atoms with Crippen molar-refractivity contribution in [3.05, 3.63) is 28.3 Å². The van der Waals surface area contributed by atoms with E-state index in [0.29, 0.717) is 12.4 Å². The highest BCUT2D eigenvalue weighted by Gasteiger charge is 2.14. The molecule has 0 radical (unpaired) electrons. The highest BCUT2D eigenvalue weighted by molar-refractivity contribution is 5.67. The molecule has 2 N–H and O–H groups in total. The van der Waals surface area contributed by atoms with E-state index < -0.39 is 4.92 Å². The van der Waals surface area contributed by atoms with Crippen molar-refractivity contribution in [1.29, 1.82) is 0 Å². The maximum absolute atomic E-state index is 10.7. The van der Waals surface area contributed by atoms with Crippen molar-refractivity contribution in [2.24, 2.45) is 4.99 Å². The monoisotopic (exact) mass is 225 g/mol. The van der Waals surface area contributed by atoms with E-state index in [4.69, 9.17) is 9.94 Å². The van der Waals surface area contributed by atoms with Crippen LogP contribution in [0.2, 0.25) is 0 Å². The number of nitro benzene ring substituents is 1. The average molecular weight is 225 g/mol. The quantitative estimate of drug-likeness (QED) is 0.343. The van der Waals surface area contributed by atoms with Crippen LogP contribution in [0.4, 0.5) is 11.4 Å². The number of hydroxylamine groups is 1. The van der Waals surface area contributed by atoms with Crippen LogP contribution in [0, 0.1) is 10.1 Å². The minimum Gasteiger partial charge on any atom is -0.494 e. The van der Waals surface area contributed by atoms with Crippen LogP contribution in [0.1, 0.15) is 6.92 Å². The Morgan fingerprint density at radius 2 is 2.44 bits per heavy atom. The summed E-state index contributed by atoms with van der Waals surface area (Å²) in [6.45, 7) is 2.21. The van der Waals surface area contributed by atoms with Crippen LogP contribution in [-0.4, -0.2) is 23.1 Å². The van der Waals surface area contributed by atoms with Crippen molar-refractivity contribution in [3.8, 4) is 5.75 Å². The van der Waals surface area contributed by atoms with Crippen molar-refractivity contribution < 1.29 is 14.9 Å². The molecule has 0 aromatic heterocycles. The zero-order valence-electron chi connectivity index (χ0n) is 8.58. The van der Waals surface area contributed by atoms with Gasteiger partial charge in [0.25, 0.3) is 5.69 Å². The number of hydrogen-bond donors (Lipinski definition) is 2. The molecule has 0 fully saturated rings. The second-order valence-electron chi connectivity index (χ2n) is 2.73. The Morgan fingerprint density at radius 3 is 3.00 bits per heavy atom. The van der Waals surface area contributed by atoms with Gasteiger partial charge in [-0.2, -0.15) is 0 Å². The Kier molecular flexibility index (Phi) is 4.22. The van der Waals surface area contributed by atoms with Crippen LogP contribution in [0.25, 0.3) is 0 Å². The zero-order valence-corrected chi connectivity index (χ0v) is 8.58. The van der Waals surface area contributed by atoms with Gasteiger partial charge in [-0.15, -0.1) is 0 Å². The number of nitrogens with zero attached hydrogens (tertiary/aromatic N) is 2. The Morgan fingerprint density at radius 1 is 1.69 bits per heavy atom. The molecule has 0 aliphatic heterocycles. The number of aliphatic imine (C=N–C) groups is 1. The summed E-state index contributed by atoms with van der Waals surface area (Å²) < 4.78 is 5.13. The van der Waals surface area contributed by atoms with Crippen LogP contribution >= 0.6 is 0 Å².